The van der Waals surface area contributed by atoms with E-state index in [2.05, 4.69) is 11.9 Å². The minimum atomic E-state index is 0.249. The lowest BCUT2D eigenvalue weighted by molar-refractivity contribution is -0.114. The molecule has 1 aromatic heterocycles. The fourth-order valence-electron chi connectivity index (χ4n) is 2.17. The number of ketones is 1. The zero-order chi connectivity index (χ0) is 10.8. The van der Waals surface area contributed by atoms with E-state index in [0.717, 1.165) is 24.1 Å². The molecule has 0 spiro atoms. The van der Waals surface area contributed by atoms with Crippen LogP contribution in [-0.2, 0) is 4.79 Å². The minimum Gasteiger partial charge on any atom is -0.295 e. The van der Waals surface area contributed by atoms with Crippen molar-refractivity contribution in [3.8, 4) is 0 Å². The summed E-state index contributed by atoms with van der Waals surface area (Å²) >= 11 is 0. The predicted molar refractivity (Wildman–Crippen MR) is 60.5 cm³/mol. The van der Waals surface area contributed by atoms with Crippen LogP contribution >= 0.6 is 0 Å². The summed E-state index contributed by atoms with van der Waals surface area (Å²) < 4.78 is 0. The highest BCUT2D eigenvalue weighted by Crippen LogP contribution is 2.28. The Labute approximate surface area is 90.0 Å². The molecule has 1 aliphatic rings. The second-order valence-electron chi connectivity index (χ2n) is 4.08. The lowest BCUT2D eigenvalue weighted by Gasteiger charge is -2.15. The van der Waals surface area contributed by atoms with Crippen molar-refractivity contribution in [2.45, 2.75) is 33.1 Å². The van der Waals surface area contributed by atoms with E-state index in [1.807, 2.05) is 19.2 Å². The number of hydrogen-bond acceptors (Lipinski definition) is 2. The van der Waals surface area contributed by atoms with Crippen molar-refractivity contribution in [3.63, 3.8) is 0 Å². The fraction of sp³-hybridized carbons (Fsp3) is 0.385. The summed E-state index contributed by atoms with van der Waals surface area (Å²) in [6, 6.07) is 2.00. The number of allylic oxidation sites excluding steroid dienone is 2. The van der Waals surface area contributed by atoms with E-state index in [4.69, 9.17) is 0 Å². The molecule has 0 amide bonds. The highest BCUT2D eigenvalue weighted by molar-refractivity contribution is 5.98. The van der Waals surface area contributed by atoms with Crippen LogP contribution in [0.5, 0.6) is 0 Å². The second-order valence-corrected chi connectivity index (χ2v) is 4.08. The van der Waals surface area contributed by atoms with Crippen LogP contribution in [0.25, 0.3) is 5.57 Å². The summed E-state index contributed by atoms with van der Waals surface area (Å²) in [5.41, 5.74) is 4.57. The molecule has 0 radical (unpaired) electrons. The van der Waals surface area contributed by atoms with E-state index < -0.39 is 0 Å². The second kappa shape index (κ2) is 3.97. The van der Waals surface area contributed by atoms with Gasteiger partial charge in [-0.2, -0.15) is 0 Å². The molecule has 0 N–H and O–H groups in total. The van der Waals surface area contributed by atoms with Crippen LogP contribution in [0.3, 0.4) is 0 Å². The summed E-state index contributed by atoms with van der Waals surface area (Å²) in [5, 5.41) is 0. The summed E-state index contributed by atoms with van der Waals surface area (Å²) in [6.07, 6.45) is 6.28. The molecule has 0 bridgehead atoms. The van der Waals surface area contributed by atoms with Gasteiger partial charge < -0.3 is 0 Å². The first-order valence-corrected chi connectivity index (χ1v) is 5.34. The van der Waals surface area contributed by atoms with E-state index in [-0.39, 0.29) is 5.78 Å². The van der Waals surface area contributed by atoms with Crippen LogP contribution in [0, 0.1) is 13.8 Å². The van der Waals surface area contributed by atoms with Crippen molar-refractivity contribution in [2.75, 3.05) is 0 Å². The highest BCUT2D eigenvalue weighted by Gasteiger charge is 2.15. The summed E-state index contributed by atoms with van der Waals surface area (Å²) in [7, 11) is 0. The molecule has 0 aliphatic heterocycles. The van der Waals surface area contributed by atoms with Gasteiger partial charge in [0.2, 0.25) is 0 Å². The van der Waals surface area contributed by atoms with Crippen LogP contribution in [0.1, 0.15) is 36.1 Å². The molecule has 1 aromatic rings. The van der Waals surface area contributed by atoms with Crippen LogP contribution in [0.4, 0.5) is 0 Å². The van der Waals surface area contributed by atoms with Crippen LogP contribution < -0.4 is 0 Å². The van der Waals surface area contributed by atoms with Crippen molar-refractivity contribution in [1.29, 1.82) is 0 Å². The number of rotatable bonds is 1. The van der Waals surface area contributed by atoms with Gasteiger partial charge in [0.05, 0.1) is 0 Å². The number of carbonyl (C=O) groups excluding carboxylic acids is 1. The van der Waals surface area contributed by atoms with Crippen LogP contribution in [0.2, 0.25) is 0 Å². The Morgan fingerprint density at radius 3 is 2.73 bits per heavy atom. The topological polar surface area (TPSA) is 30.0 Å². The average molecular weight is 201 g/mol. The molecule has 0 aromatic carbocycles. The van der Waals surface area contributed by atoms with Gasteiger partial charge >= 0.3 is 0 Å². The van der Waals surface area contributed by atoms with Gasteiger partial charge in [-0.15, -0.1) is 0 Å². The molecule has 15 heavy (non-hydrogen) atoms. The SMILES string of the molecule is Cc1ccnc(C)c1C1=CC(=O)CCC1. The molecule has 0 saturated heterocycles. The minimum absolute atomic E-state index is 0.249. The lowest BCUT2D eigenvalue weighted by atomic mass is 9.90. The number of aromatic nitrogens is 1. The normalized spacial score (nSPS) is 16.4. The van der Waals surface area contributed by atoms with Crippen molar-refractivity contribution in [1.82, 2.24) is 4.98 Å². The quantitative estimate of drug-likeness (QED) is 0.699. The Kier molecular flexibility index (Phi) is 2.67. The van der Waals surface area contributed by atoms with Gasteiger partial charge in [-0.05, 0) is 50.0 Å². The van der Waals surface area contributed by atoms with Crippen LogP contribution in [-0.4, -0.2) is 10.8 Å². The van der Waals surface area contributed by atoms with Crippen LogP contribution in [0.15, 0.2) is 18.3 Å². The molecule has 2 rings (SSSR count). The third-order valence-electron chi connectivity index (χ3n) is 2.87. The Morgan fingerprint density at radius 2 is 2.07 bits per heavy atom. The largest absolute Gasteiger partial charge is 0.295 e. The smallest absolute Gasteiger partial charge is 0.155 e. The molecule has 0 fully saturated rings. The number of aryl methyl sites for hydroxylation is 2. The molecule has 0 atom stereocenters. The van der Waals surface area contributed by atoms with Gasteiger partial charge in [0.25, 0.3) is 0 Å². The van der Waals surface area contributed by atoms with Crippen molar-refractivity contribution < 1.29 is 4.79 Å². The van der Waals surface area contributed by atoms with Gasteiger partial charge in [0.15, 0.2) is 5.78 Å². The van der Waals surface area contributed by atoms with E-state index in [9.17, 15) is 4.79 Å². The monoisotopic (exact) mass is 201 g/mol. The van der Waals surface area contributed by atoms with Gasteiger partial charge in [-0.1, -0.05) is 0 Å². The molecule has 2 heteroatoms. The van der Waals surface area contributed by atoms with Crippen molar-refractivity contribution >= 4 is 11.4 Å². The Hall–Kier alpha value is -1.44. The first kappa shape index (κ1) is 10.1. The summed E-state index contributed by atoms with van der Waals surface area (Å²) in [6.45, 7) is 4.08. The number of carbonyl (C=O) groups is 1. The van der Waals surface area contributed by atoms with E-state index in [1.165, 1.54) is 11.1 Å². The fourth-order valence-corrected chi connectivity index (χ4v) is 2.17. The van der Waals surface area contributed by atoms with Crippen molar-refractivity contribution in [2.24, 2.45) is 0 Å². The number of hydrogen-bond donors (Lipinski definition) is 0. The Bertz CT molecular complexity index is 412. The molecule has 1 heterocycles. The zero-order valence-corrected chi connectivity index (χ0v) is 9.21. The Morgan fingerprint density at radius 1 is 1.27 bits per heavy atom. The van der Waals surface area contributed by atoms with E-state index in [1.54, 1.807) is 6.08 Å². The van der Waals surface area contributed by atoms with Gasteiger partial charge in [-0.3, -0.25) is 9.78 Å². The first-order valence-electron chi connectivity index (χ1n) is 5.34. The molecule has 78 valence electrons. The van der Waals surface area contributed by atoms with Gasteiger partial charge in [-0.25, -0.2) is 0 Å². The lowest BCUT2D eigenvalue weighted by Crippen LogP contribution is -2.05. The maximum absolute atomic E-state index is 11.4. The maximum atomic E-state index is 11.4. The standard InChI is InChI=1S/C13H15NO/c1-9-6-7-14-10(2)13(9)11-4-3-5-12(15)8-11/h6-8H,3-5H2,1-2H3. The van der Waals surface area contributed by atoms with E-state index >= 15 is 0 Å². The maximum Gasteiger partial charge on any atom is 0.155 e. The molecular weight excluding hydrogens is 186 g/mol. The van der Waals surface area contributed by atoms with Gasteiger partial charge in [0, 0.05) is 23.9 Å². The highest BCUT2D eigenvalue weighted by atomic mass is 16.1. The third-order valence-corrected chi connectivity index (χ3v) is 2.87. The Balaban J connectivity index is 2.49. The molecular formula is C13H15NO. The number of nitrogens with zero attached hydrogens (tertiary/aromatic N) is 1. The summed E-state index contributed by atoms with van der Waals surface area (Å²) in [5.74, 6) is 0.249. The molecule has 0 unspecified atom stereocenters. The molecule has 1 aliphatic carbocycles. The average Bonchev–Trinajstić information content (AvgIpc) is 2.17. The zero-order valence-electron chi connectivity index (χ0n) is 9.21. The molecule has 0 saturated carbocycles. The first-order chi connectivity index (χ1) is 7.18. The van der Waals surface area contributed by atoms with E-state index in [0.29, 0.717) is 6.42 Å². The predicted octanol–water partition coefficient (Wildman–Crippen LogP) is 2.83. The van der Waals surface area contributed by atoms with Gasteiger partial charge in [0.1, 0.15) is 0 Å². The summed E-state index contributed by atoms with van der Waals surface area (Å²) in [4.78, 5) is 15.7. The molecule has 2 nitrogen and oxygen atoms in total. The third kappa shape index (κ3) is 1.99. The number of pyridine rings is 1. The van der Waals surface area contributed by atoms with Crippen molar-refractivity contribution in [3.05, 3.63) is 35.2 Å².